The Bertz CT molecular complexity index is 575. The quantitative estimate of drug-likeness (QED) is 0.832. The number of hydrogen-bond donors (Lipinski definition) is 2. The molecule has 3 N–H and O–H groups in total. The van der Waals surface area contributed by atoms with Crippen molar-refractivity contribution in [2.45, 2.75) is 13.3 Å². The van der Waals surface area contributed by atoms with Crippen molar-refractivity contribution in [1.29, 1.82) is 0 Å². The summed E-state index contributed by atoms with van der Waals surface area (Å²) in [7, 11) is 0. The van der Waals surface area contributed by atoms with E-state index < -0.39 is 0 Å². The van der Waals surface area contributed by atoms with E-state index in [0.717, 1.165) is 11.1 Å². The molecule has 0 amide bonds. The van der Waals surface area contributed by atoms with Crippen molar-refractivity contribution in [3.05, 3.63) is 52.2 Å². The molecule has 0 saturated carbocycles. The molecule has 0 saturated heterocycles. The van der Waals surface area contributed by atoms with Gasteiger partial charge in [-0.25, -0.2) is 4.98 Å². The molecule has 17 heavy (non-hydrogen) atoms. The highest BCUT2D eigenvalue weighted by Gasteiger charge is 2.06. The van der Waals surface area contributed by atoms with Crippen LogP contribution < -0.4 is 11.3 Å². The van der Waals surface area contributed by atoms with E-state index in [1.807, 2.05) is 31.2 Å². The zero-order valence-corrected chi connectivity index (χ0v) is 9.73. The number of nitrogens with one attached hydrogen (secondary N) is 1. The molecule has 4 heteroatoms. The lowest BCUT2D eigenvalue weighted by Gasteiger charge is -2.05. The Labute approximate surface area is 99.5 Å². The number of hydrogen-bond acceptors (Lipinski definition) is 3. The molecule has 1 aromatic heterocycles. The number of aromatic nitrogens is 2. The Morgan fingerprint density at radius 3 is 2.71 bits per heavy atom. The molecule has 1 aromatic carbocycles. The van der Waals surface area contributed by atoms with Crippen LogP contribution in [0.1, 0.15) is 11.4 Å². The summed E-state index contributed by atoms with van der Waals surface area (Å²) >= 11 is 0. The lowest BCUT2D eigenvalue weighted by Crippen LogP contribution is -2.16. The summed E-state index contributed by atoms with van der Waals surface area (Å²) in [6.07, 6.45) is 2.20. The average molecular weight is 229 g/mol. The molecule has 4 nitrogen and oxygen atoms in total. The summed E-state index contributed by atoms with van der Waals surface area (Å²) in [6, 6.07) is 7.76. The minimum atomic E-state index is -0.113. The van der Waals surface area contributed by atoms with Gasteiger partial charge in [0, 0.05) is 12.6 Å². The Hall–Kier alpha value is -1.94. The van der Waals surface area contributed by atoms with Crippen LogP contribution in [0.4, 0.5) is 0 Å². The van der Waals surface area contributed by atoms with E-state index in [1.165, 1.54) is 0 Å². The molecule has 0 atom stereocenters. The first-order valence-electron chi connectivity index (χ1n) is 5.56. The maximum absolute atomic E-state index is 11.9. The summed E-state index contributed by atoms with van der Waals surface area (Å²) in [6.45, 7) is 2.45. The van der Waals surface area contributed by atoms with Gasteiger partial charge in [-0.1, -0.05) is 24.3 Å². The van der Waals surface area contributed by atoms with Crippen molar-refractivity contribution in [3.63, 3.8) is 0 Å². The van der Waals surface area contributed by atoms with Crippen LogP contribution in [0.5, 0.6) is 0 Å². The summed E-state index contributed by atoms with van der Waals surface area (Å²) < 4.78 is 0. The van der Waals surface area contributed by atoms with Gasteiger partial charge >= 0.3 is 0 Å². The molecule has 2 rings (SSSR count). The number of benzene rings is 1. The topological polar surface area (TPSA) is 71.8 Å². The first-order chi connectivity index (χ1) is 8.22. The van der Waals surface area contributed by atoms with Crippen LogP contribution in [0, 0.1) is 6.92 Å². The molecule has 0 radical (unpaired) electrons. The molecule has 0 unspecified atom stereocenters. The molecule has 1 heterocycles. The smallest absolute Gasteiger partial charge is 0.258 e. The fourth-order valence-electron chi connectivity index (χ4n) is 1.76. The van der Waals surface area contributed by atoms with Crippen molar-refractivity contribution in [2.75, 3.05) is 6.54 Å². The van der Waals surface area contributed by atoms with Crippen LogP contribution in [-0.2, 0) is 6.42 Å². The van der Waals surface area contributed by atoms with E-state index in [9.17, 15) is 4.79 Å². The third-order valence-electron chi connectivity index (χ3n) is 2.67. The molecule has 0 aliphatic carbocycles. The Kier molecular flexibility index (Phi) is 3.35. The van der Waals surface area contributed by atoms with Gasteiger partial charge in [-0.05, 0) is 24.6 Å². The van der Waals surface area contributed by atoms with Crippen molar-refractivity contribution in [3.8, 4) is 11.1 Å². The van der Waals surface area contributed by atoms with Gasteiger partial charge in [0.2, 0.25) is 0 Å². The first kappa shape index (κ1) is 11.5. The van der Waals surface area contributed by atoms with Crippen molar-refractivity contribution >= 4 is 0 Å². The molecular formula is C13H15N3O. The summed E-state index contributed by atoms with van der Waals surface area (Å²) in [4.78, 5) is 18.9. The van der Waals surface area contributed by atoms with Gasteiger partial charge in [0.15, 0.2) is 0 Å². The molecule has 0 aliphatic heterocycles. The monoisotopic (exact) mass is 229 g/mol. The van der Waals surface area contributed by atoms with Crippen LogP contribution in [0.15, 0.2) is 35.3 Å². The van der Waals surface area contributed by atoms with Gasteiger partial charge in [-0.2, -0.15) is 0 Å². The van der Waals surface area contributed by atoms with Gasteiger partial charge in [0.1, 0.15) is 5.82 Å². The van der Waals surface area contributed by atoms with Crippen molar-refractivity contribution < 1.29 is 0 Å². The van der Waals surface area contributed by atoms with Crippen LogP contribution >= 0.6 is 0 Å². The Balaban J connectivity index is 2.48. The predicted octanol–water partition coefficient (Wildman–Crippen LogP) is 1.25. The molecule has 0 spiro atoms. The first-order valence-corrected chi connectivity index (χ1v) is 5.56. The Morgan fingerprint density at radius 2 is 2.06 bits per heavy atom. The summed E-state index contributed by atoms with van der Waals surface area (Å²) in [5.74, 6) is 0.634. The number of nitrogens with zero attached hydrogens (tertiary/aromatic N) is 1. The largest absolute Gasteiger partial charge is 0.330 e. The van der Waals surface area contributed by atoms with E-state index in [-0.39, 0.29) is 5.56 Å². The second-order valence-corrected chi connectivity index (χ2v) is 3.93. The lowest BCUT2D eigenvalue weighted by molar-refractivity contribution is 0.857. The number of aromatic amines is 1. The lowest BCUT2D eigenvalue weighted by atomic mass is 10.0. The standard InChI is InChI=1S/C13H15N3O/c1-9-4-2-3-5-10(9)11-8-15-12(6-7-14)16-13(11)17/h2-5,8H,6-7,14H2,1H3,(H,15,16,17). The van der Waals surface area contributed by atoms with Crippen LogP contribution in [0.3, 0.4) is 0 Å². The van der Waals surface area contributed by atoms with E-state index in [1.54, 1.807) is 6.20 Å². The van der Waals surface area contributed by atoms with Gasteiger partial charge < -0.3 is 10.7 Å². The van der Waals surface area contributed by atoms with Crippen molar-refractivity contribution in [2.24, 2.45) is 5.73 Å². The molecule has 2 aromatic rings. The second kappa shape index (κ2) is 4.93. The van der Waals surface area contributed by atoms with Crippen LogP contribution in [0.25, 0.3) is 11.1 Å². The van der Waals surface area contributed by atoms with E-state index in [0.29, 0.717) is 24.4 Å². The third-order valence-corrected chi connectivity index (χ3v) is 2.67. The highest BCUT2D eigenvalue weighted by atomic mass is 16.1. The minimum Gasteiger partial charge on any atom is -0.330 e. The highest BCUT2D eigenvalue weighted by Crippen LogP contribution is 2.18. The maximum atomic E-state index is 11.9. The van der Waals surface area contributed by atoms with Crippen LogP contribution in [0.2, 0.25) is 0 Å². The van der Waals surface area contributed by atoms with Gasteiger partial charge in [0.05, 0.1) is 5.56 Å². The summed E-state index contributed by atoms with van der Waals surface area (Å²) in [5, 5.41) is 0. The minimum absolute atomic E-state index is 0.113. The maximum Gasteiger partial charge on any atom is 0.258 e. The van der Waals surface area contributed by atoms with Gasteiger partial charge in [-0.3, -0.25) is 4.79 Å². The SMILES string of the molecule is Cc1ccccc1-c1cnc(CCN)[nH]c1=O. The molecule has 0 fully saturated rings. The van der Waals surface area contributed by atoms with E-state index in [4.69, 9.17) is 5.73 Å². The fraction of sp³-hybridized carbons (Fsp3) is 0.231. The molecule has 0 bridgehead atoms. The fourth-order valence-corrected chi connectivity index (χ4v) is 1.76. The van der Waals surface area contributed by atoms with Crippen molar-refractivity contribution in [1.82, 2.24) is 9.97 Å². The second-order valence-electron chi connectivity index (χ2n) is 3.93. The molecular weight excluding hydrogens is 214 g/mol. The number of nitrogens with two attached hydrogens (primary N) is 1. The Morgan fingerprint density at radius 1 is 1.29 bits per heavy atom. The van der Waals surface area contributed by atoms with E-state index >= 15 is 0 Å². The molecule has 88 valence electrons. The number of H-pyrrole nitrogens is 1. The number of rotatable bonds is 3. The third kappa shape index (κ3) is 2.42. The normalized spacial score (nSPS) is 10.5. The zero-order valence-electron chi connectivity index (χ0n) is 9.73. The highest BCUT2D eigenvalue weighted by molar-refractivity contribution is 5.65. The number of aryl methyl sites for hydroxylation is 1. The van der Waals surface area contributed by atoms with Crippen LogP contribution in [-0.4, -0.2) is 16.5 Å². The van der Waals surface area contributed by atoms with E-state index in [2.05, 4.69) is 9.97 Å². The summed E-state index contributed by atoms with van der Waals surface area (Å²) in [5.41, 5.74) is 7.89. The van der Waals surface area contributed by atoms with Gasteiger partial charge in [0.25, 0.3) is 5.56 Å². The zero-order chi connectivity index (χ0) is 12.3. The average Bonchev–Trinajstić information content (AvgIpc) is 2.31. The van der Waals surface area contributed by atoms with Gasteiger partial charge in [-0.15, -0.1) is 0 Å². The predicted molar refractivity (Wildman–Crippen MR) is 67.8 cm³/mol. The molecule has 0 aliphatic rings.